The van der Waals surface area contributed by atoms with Gasteiger partial charge in [0.15, 0.2) is 0 Å². The highest BCUT2D eigenvalue weighted by atomic mass is 16.3. The second kappa shape index (κ2) is 4.57. The van der Waals surface area contributed by atoms with Crippen molar-refractivity contribution in [2.45, 2.75) is 44.1 Å². The lowest BCUT2D eigenvalue weighted by Crippen LogP contribution is -2.59. The van der Waals surface area contributed by atoms with E-state index in [4.69, 9.17) is 5.26 Å². The van der Waals surface area contributed by atoms with Crippen LogP contribution in [-0.4, -0.2) is 16.6 Å². The van der Waals surface area contributed by atoms with E-state index in [-0.39, 0.29) is 5.91 Å². The number of amides is 1. The number of carbonyl (C=O) groups excluding carboxylic acids is 1. The molecule has 114 valence electrons. The number of nitriles is 1. The molecule has 0 heterocycles. The fourth-order valence-corrected chi connectivity index (χ4v) is 5.41. The first-order valence-electron chi connectivity index (χ1n) is 8.04. The Morgan fingerprint density at radius 1 is 1.27 bits per heavy atom. The molecular weight excluding hydrogens is 276 g/mol. The summed E-state index contributed by atoms with van der Waals surface area (Å²) in [6.07, 6.45) is 5.29. The molecule has 4 fully saturated rings. The Bertz CT molecular complexity index is 662. The van der Waals surface area contributed by atoms with Gasteiger partial charge in [0.2, 0.25) is 5.91 Å². The number of nitrogens with one attached hydrogen (secondary N) is 1. The number of hydrogen-bond acceptors (Lipinski definition) is 3. The molecule has 4 nitrogen and oxygen atoms in total. The molecule has 4 aliphatic rings. The Morgan fingerprint density at radius 3 is 2.64 bits per heavy atom. The summed E-state index contributed by atoms with van der Waals surface area (Å²) in [6.45, 7) is 0. The van der Waals surface area contributed by atoms with Crippen LogP contribution in [0.2, 0.25) is 0 Å². The lowest BCUT2D eigenvalue weighted by atomic mass is 9.47. The third-order valence-corrected chi connectivity index (χ3v) is 5.76. The predicted molar refractivity (Wildman–Crippen MR) is 81.9 cm³/mol. The SMILES string of the molecule is N#Cc1cccc(NC(=O)C23C[C@@H]4C[C@@H](CC(O)(C4)C2)C3)c1. The minimum absolute atomic E-state index is 0.0233. The van der Waals surface area contributed by atoms with Crippen molar-refractivity contribution >= 4 is 11.6 Å². The Kier molecular flexibility index (Phi) is 2.86. The third-order valence-electron chi connectivity index (χ3n) is 5.76. The van der Waals surface area contributed by atoms with Crippen LogP contribution in [0.5, 0.6) is 0 Å². The van der Waals surface area contributed by atoms with E-state index < -0.39 is 11.0 Å². The zero-order valence-corrected chi connectivity index (χ0v) is 12.5. The van der Waals surface area contributed by atoms with Gasteiger partial charge in [-0.1, -0.05) is 6.07 Å². The second-order valence-corrected chi connectivity index (χ2v) is 7.61. The molecule has 22 heavy (non-hydrogen) atoms. The van der Waals surface area contributed by atoms with Crippen molar-refractivity contribution < 1.29 is 9.90 Å². The van der Waals surface area contributed by atoms with E-state index >= 15 is 0 Å². The first kappa shape index (κ1) is 13.8. The summed E-state index contributed by atoms with van der Waals surface area (Å²) in [7, 11) is 0. The van der Waals surface area contributed by atoms with Gasteiger partial charge in [-0.2, -0.15) is 5.26 Å². The molecule has 2 unspecified atom stereocenters. The van der Waals surface area contributed by atoms with Crippen molar-refractivity contribution in [3.05, 3.63) is 29.8 Å². The fourth-order valence-electron chi connectivity index (χ4n) is 5.41. The molecule has 1 aromatic rings. The van der Waals surface area contributed by atoms with Crippen LogP contribution >= 0.6 is 0 Å². The first-order valence-corrected chi connectivity index (χ1v) is 8.04. The maximum atomic E-state index is 12.9. The maximum absolute atomic E-state index is 12.9. The van der Waals surface area contributed by atoms with Crippen molar-refractivity contribution in [3.63, 3.8) is 0 Å². The summed E-state index contributed by atoms with van der Waals surface area (Å²) in [5.41, 5.74) is 0.172. The summed E-state index contributed by atoms with van der Waals surface area (Å²) in [4.78, 5) is 12.9. The number of carbonyl (C=O) groups is 1. The number of rotatable bonds is 2. The van der Waals surface area contributed by atoms with Gasteiger partial charge in [-0.3, -0.25) is 4.79 Å². The first-order chi connectivity index (χ1) is 10.5. The van der Waals surface area contributed by atoms with Gasteiger partial charge in [0.1, 0.15) is 0 Å². The molecule has 1 aromatic carbocycles. The van der Waals surface area contributed by atoms with Gasteiger partial charge in [-0.25, -0.2) is 0 Å². The summed E-state index contributed by atoms with van der Waals surface area (Å²) in [5, 5.41) is 22.7. The van der Waals surface area contributed by atoms with Gasteiger partial charge in [-0.15, -0.1) is 0 Å². The molecule has 0 aliphatic heterocycles. The van der Waals surface area contributed by atoms with Crippen molar-refractivity contribution in [1.29, 1.82) is 5.26 Å². The van der Waals surface area contributed by atoms with Gasteiger partial charge in [0.05, 0.1) is 22.6 Å². The van der Waals surface area contributed by atoms with Crippen LogP contribution in [0.1, 0.15) is 44.1 Å². The molecule has 4 atom stereocenters. The van der Waals surface area contributed by atoms with Crippen LogP contribution in [-0.2, 0) is 4.79 Å². The molecule has 0 spiro atoms. The molecular formula is C18H20N2O2. The zero-order valence-electron chi connectivity index (χ0n) is 12.5. The van der Waals surface area contributed by atoms with Crippen LogP contribution in [0.3, 0.4) is 0 Å². The molecule has 4 heteroatoms. The van der Waals surface area contributed by atoms with Gasteiger partial charge < -0.3 is 10.4 Å². The van der Waals surface area contributed by atoms with Gasteiger partial charge in [0, 0.05) is 5.69 Å². The Morgan fingerprint density at radius 2 is 2.00 bits per heavy atom. The fraction of sp³-hybridized carbons (Fsp3) is 0.556. The lowest BCUT2D eigenvalue weighted by molar-refractivity contribution is -0.174. The Hall–Kier alpha value is -1.86. The van der Waals surface area contributed by atoms with Crippen LogP contribution in [0, 0.1) is 28.6 Å². The van der Waals surface area contributed by atoms with E-state index in [0.29, 0.717) is 29.5 Å². The Labute approximate surface area is 130 Å². The van der Waals surface area contributed by atoms with E-state index in [9.17, 15) is 9.90 Å². The topological polar surface area (TPSA) is 73.1 Å². The number of nitrogens with zero attached hydrogens (tertiary/aromatic N) is 1. The summed E-state index contributed by atoms with van der Waals surface area (Å²) in [6, 6.07) is 9.11. The minimum atomic E-state index is -0.629. The van der Waals surface area contributed by atoms with E-state index in [0.717, 1.165) is 25.7 Å². The molecule has 0 saturated heterocycles. The predicted octanol–water partition coefficient (Wildman–Crippen LogP) is 2.83. The van der Waals surface area contributed by atoms with Crippen molar-refractivity contribution in [3.8, 4) is 6.07 Å². The zero-order chi connectivity index (χ0) is 15.4. The van der Waals surface area contributed by atoms with Crippen LogP contribution in [0.15, 0.2) is 24.3 Å². The van der Waals surface area contributed by atoms with Gasteiger partial charge >= 0.3 is 0 Å². The standard InChI is InChI=1S/C18H20N2O2/c19-10-12-2-1-3-15(5-12)20-16(21)17-6-13-4-14(7-17)9-18(22,8-13)11-17/h1-3,5,13-14,22H,4,6-9,11H2,(H,20,21)/t13-,14+,17?,18?. The maximum Gasteiger partial charge on any atom is 0.230 e. The van der Waals surface area contributed by atoms with Crippen molar-refractivity contribution in [1.82, 2.24) is 0 Å². The summed E-state index contributed by atoms with van der Waals surface area (Å²) in [5.74, 6) is 1.00. The number of aliphatic hydroxyl groups is 1. The molecule has 0 radical (unpaired) electrons. The summed E-state index contributed by atoms with van der Waals surface area (Å²) >= 11 is 0. The monoisotopic (exact) mass is 296 g/mol. The Balaban J connectivity index is 1.59. The highest BCUT2D eigenvalue weighted by Gasteiger charge is 2.60. The molecule has 2 N–H and O–H groups in total. The number of hydrogen-bond donors (Lipinski definition) is 2. The molecule has 0 aromatic heterocycles. The minimum Gasteiger partial charge on any atom is -0.390 e. The van der Waals surface area contributed by atoms with Gasteiger partial charge in [-0.05, 0) is 68.6 Å². The number of anilines is 1. The van der Waals surface area contributed by atoms with E-state index in [1.807, 2.05) is 6.07 Å². The highest BCUT2D eigenvalue weighted by molar-refractivity contribution is 5.96. The smallest absolute Gasteiger partial charge is 0.230 e. The average molecular weight is 296 g/mol. The summed E-state index contributed by atoms with van der Waals surface area (Å²) < 4.78 is 0. The van der Waals surface area contributed by atoms with E-state index in [1.54, 1.807) is 18.2 Å². The van der Waals surface area contributed by atoms with Gasteiger partial charge in [0.25, 0.3) is 0 Å². The van der Waals surface area contributed by atoms with Crippen molar-refractivity contribution in [2.24, 2.45) is 17.3 Å². The second-order valence-electron chi connectivity index (χ2n) is 7.61. The molecule has 5 rings (SSSR count). The lowest BCUT2D eigenvalue weighted by Gasteiger charge is -2.59. The average Bonchev–Trinajstić information content (AvgIpc) is 2.45. The highest BCUT2D eigenvalue weighted by Crippen LogP contribution is 2.61. The molecule has 4 aliphatic carbocycles. The normalized spacial score (nSPS) is 38.5. The van der Waals surface area contributed by atoms with E-state index in [1.165, 1.54) is 6.42 Å². The van der Waals surface area contributed by atoms with Crippen LogP contribution in [0.25, 0.3) is 0 Å². The van der Waals surface area contributed by atoms with Crippen molar-refractivity contribution in [2.75, 3.05) is 5.32 Å². The third kappa shape index (κ3) is 2.12. The van der Waals surface area contributed by atoms with E-state index in [2.05, 4.69) is 11.4 Å². The number of benzene rings is 1. The molecule has 4 saturated carbocycles. The quantitative estimate of drug-likeness (QED) is 0.881. The largest absolute Gasteiger partial charge is 0.390 e. The molecule has 4 bridgehead atoms. The molecule has 1 amide bonds. The van der Waals surface area contributed by atoms with Crippen LogP contribution < -0.4 is 5.32 Å². The van der Waals surface area contributed by atoms with Crippen LogP contribution in [0.4, 0.5) is 5.69 Å².